The Morgan fingerprint density at radius 3 is 2.41 bits per heavy atom. The molecule has 1 aliphatic heterocycles. The topological polar surface area (TPSA) is 80.0 Å². The highest BCUT2D eigenvalue weighted by molar-refractivity contribution is 5.98. The number of hydrogen-bond donors (Lipinski definition) is 0. The van der Waals surface area contributed by atoms with Crippen molar-refractivity contribution in [3.8, 4) is 5.69 Å². The van der Waals surface area contributed by atoms with Gasteiger partial charge in [0.15, 0.2) is 17.0 Å². The van der Waals surface area contributed by atoms with Gasteiger partial charge in [0.25, 0.3) is 5.91 Å². The molecular weight excluding hydrogens is 426 g/mol. The number of nitrogens with zero attached hydrogens (tertiary/aromatic N) is 7. The van der Waals surface area contributed by atoms with Gasteiger partial charge >= 0.3 is 0 Å². The predicted molar refractivity (Wildman–Crippen MR) is 131 cm³/mol. The summed E-state index contributed by atoms with van der Waals surface area (Å²) in [6, 6.07) is 22.1. The van der Waals surface area contributed by atoms with Gasteiger partial charge in [0.2, 0.25) is 0 Å². The van der Waals surface area contributed by atoms with E-state index < -0.39 is 0 Å². The van der Waals surface area contributed by atoms with Gasteiger partial charge in [0.05, 0.1) is 5.69 Å². The van der Waals surface area contributed by atoms with Crippen LogP contribution in [-0.2, 0) is 0 Å². The van der Waals surface area contributed by atoms with Gasteiger partial charge in [-0.1, -0.05) is 53.2 Å². The molecule has 5 aromatic rings. The van der Waals surface area contributed by atoms with E-state index in [4.69, 9.17) is 0 Å². The number of aromatic nitrogens is 5. The molecule has 3 aromatic carbocycles. The quantitative estimate of drug-likeness (QED) is 0.418. The van der Waals surface area contributed by atoms with E-state index in [1.54, 1.807) is 11.0 Å². The van der Waals surface area contributed by atoms with Gasteiger partial charge in [-0.3, -0.25) is 4.79 Å². The molecule has 0 bridgehead atoms. The summed E-state index contributed by atoms with van der Waals surface area (Å²) in [7, 11) is 0. The molecule has 34 heavy (non-hydrogen) atoms. The van der Waals surface area contributed by atoms with E-state index in [2.05, 4.69) is 31.2 Å². The second-order valence-electron chi connectivity index (χ2n) is 8.55. The molecule has 0 spiro atoms. The smallest absolute Gasteiger partial charge is 0.253 e. The normalized spacial score (nSPS) is 14.1. The zero-order valence-electron chi connectivity index (χ0n) is 18.8. The first-order valence-electron chi connectivity index (χ1n) is 11.3. The van der Waals surface area contributed by atoms with Crippen molar-refractivity contribution in [2.75, 3.05) is 31.1 Å². The minimum atomic E-state index is 0.0588. The monoisotopic (exact) mass is 449 g/mol. The number of aryl methyl sites for hydroxylation is 1. The molecular formula is C26H23N7O. The van der Waals surface area contributed by atoms with Gasteiger partial charge in [-0.15, -0.1) is 5.10 Å². The molecule has 0 radical (unpaired) electrons. The van der Waals surface area contributed by atoms with Crippen LogP contribution in [0.4, 0.5) is 5.82 Å². The lowest BCUT2D eigenvalue weighted by Gasteiger charge is -2.35. The van der Waals surface area contributed by atoms with E-state index in [-0.39, 0.29) is 5.91 Å². The van der Waals surface area contributed by atoms with Crippen LogP contribution >= 0.6 is 0 Å². The van der Waals surface area contributed by atoms with Gasteiger partial charge in [-0.05, 0) is 42.0 Å². The van der Waals surface area contributed by atoms with Gasteiger partial charge in [-0.2, -0.15) is 4.68 Å². The Balaban J connectivity index is 1.21. The summed E-state index contributed by atoms with van der Waals surface area (Å²) in [5.41, 5.74) is 4.14. The molecule has 3 heterocycles. The average Bonchev–Trinajstić information content (AvgIpc) is 3.33. The molecule has 1 fully saturated rings. The van der Waals surface area contributed by atoms with Crippen molar-refractivity contribution >= 4 is 33.7 Å². The number of rotatable bonds is 3. The highest BCUT2D eigenvalue weighted by atomic mass is 16.2. The number of benzene rings is 3. The maximum absolute atomic E-state index is 13.1. The minimum Gasteiger partial charge on any atom is -0.351 e. The van der Waals surface area contributed by atoms with Crippen LogP contribution in [0.15, 0.2) is 73.1 Å². The van der Waals surface area contributed by atoms with Crippen LogP contribution in [0.5, 0.6) is 0 Å². The number of carbonyl (C=O) groups excluding carboxylic acids is 1. The zero-order valence-corrected chi connectivity index (χ0v) is 18.8. The second kappa shape index (κ2) is 8.22. The molecule has 1 saturated heterocycles. The molecule has 8 nitrogen and oxygen atoms in total. The third-order valence-electron chi connectivity index (χ3n) is 6.36. The highest BCUT2D eigenvalue weighted by Crippen LogP contribution is 2.24. The molecule has 6 rings (SSSR count). The van der Waals surface area contributed by atoms with Crippen LogP contribution in [-0.4, -0.2) is 61.9 Å². The van der Waals surface area contributed by atoms with Crippen molar-refractivity contribution in [3.05, 3.63) is 84.2 Å². The van der Waals surface area contributed by atoms with Crippen LogP contribution in [0.2, 0.25) is 0 Å². The van der Waals surface area contributed by atoms with E-state index >= 15 is 0 Å². The van der Waals surface area contributed by atoms with Crippen LogP contribution < -0.4 is 4.90 Å². The molecule has 168 valence electrons. The number of piperazine rings is 1. The summed E-state index contributed by atoms with van der Waals surface area (Å²) >= 11 is 0. The van der Waals surface area contributed by atoms with Crippen LogP contribution in [0.1, 0.15) is 15.9 Å². The fourth-order valence-corrected chi connectivity index (χ4v) is 4.45. The number of anilines is 1. The first-order valence-corrected chi connectivity index (χ1v) is 11.3. The first kappa shape index (κ1) is 20.3. The van der Waals surface area contributed by atoms with E-state index in [0.29, 0.717) is 37.3 Å². The van der Waals surface area contributed by atoms with Crippen molar-refractivity contribution in [1.82, 2.24) is 29.9 Å². The summed E-state index contributed by atoms with van der Waals surface area (Å²) in [6.07, 6.45) is 1.55. The molecule has 2 aromatic heterocycles. The molecule has 0 unspecified atom stereocenters. The lowest BCUT2D eigenvalue weighted by atomic mass is 10.1. The molecule has 0 aliphatic carbocycles. The Morgan fingerprint density at radius 1 is 0.853 bits per heavy atom. The molecule has 8 heteroatoms. The maximum atomic E-state index is 13.1. The van der Waals surface area contributed by atoms with Crippen molar-refractivity contribution < 1.29 is 4.79 Å². The fraction of sp³-hybridized carbons (Fsp3) is 0.192. The summed E-state index contributed by atoms with van der Waals surface area (Å²) in [4.78, 5) is 26.1. The Kier molecular flexibility index (Phi) is 4.91. The summed E-state index contributed by atoms with van der Waals surface area (Å²) < 4.78 is 1.74. The Labute approximate surface area is 196 Å². The van der Waals surface area contributed by atoms with Crippen molar-refractivity contribution in [3.63, 3.8) is 0 Å². The largest absolute Gasteiger partial charge is 0.351 e. The van der Waals surface area contributed by atoms with E-state index in [1.165, 1.54) is 5.56 Å². The number of hydrogen-bond acceptors (Lipinski definition) is 6. The third-order valence-corrected chi connectivity index (χ3v) is 6.36. The lowest BCUT2D eigenvalue weighted by Crippen LogP contribution is -2.49. The van der Waals surface area contributed by atoms with Crippen molar-refractivity contribution in [2.24, 2.45) is 0 Å². The second-order valence-corrected chi connectivity index (χ2v) is 8.55. The Morgan fingerprint density at radius 2 is 1.62 bits per heavy atom. The zero-order chi connectivity index (χ0) is 23.1. The maximum Gasteiger partial charge on any atom is 0.253 e. The van der Waals surface area contributed by atoms with Crippen LogP contribution in [0.25, 0.3) is 27.6 Å². The van der Waals surface area contributed by atoms with Crippen LogP contribution in [0.3, 0.4) is 0 Å². The predicted octanol–water partition coefficient (Wildman–Crippen LogP) is 3.63. The number of carbonyl (C=O) groups is 1. The number of fused-ring (bicyclic) bond motifs is 2. The summed E-state index contributed by atoms with van der Waals surface area (Å²) in [5.74, 6) is 0.810. The van der Waals surface area contributed by atoms with Gasteiger partial charge in [-0.25, -0.2) is 9.97 Å². The molecule has 0 atom stereocenters. The van der Waals surface area contributed by atoms with Gasteiger partial charge < -0.3 is 9.80 Å². The summed E-state index contributed by atoms with van der Waals surface area (Å²) in [6.45, 7) is 4.62. The van der Waals surface area contributed by atoms with Crippen molar-refractivity contribution in [2.45, 2.75) is 6.92 Å². The van der Waals surface area contributed by atoms with E-state index in [1.807, 2.05) is 72.5 Å². The molecule has 1 aliphatic rings. The molecule has 0 N–H and O–H groups in total. The fourth-order valence-electron chi connectivity index (χ4n) is 4.45. The standard InChI is InChI=1S/C26H23N7O/c1-18-6-10-22(11-7-18)33-25-23(29-30-33)24(27-17-28-25)31-12-14-32(15-13-31)26(34)21-9-8-19-4-2-3-5-20(19)16-21/h2-11,16-17H,12-15H2,1H3. The minimum absolute atomic E-state index is 0.0588. The highest BCUT2D eigenvalue weighted by Gasteiger charge is 2.25. The average molecular weight is 450 g/mol. The molecule has 1 amide bonds. The molecule has 0 saturated carbocycles. The summed E-state index contributed by atoms with van der Waals surface area (Å²) in [5, 5.41) is 10.9. The van der Waals surface area contributed by atoms with E-state index in [0.717, 1.165) is 27.8 Å². The Bertz CT molecular complexity index is 1500. The van der Waals surface area contributed by atoms with Gasteiger partial charge in [0.1, 0.15) is 6.33 Å². The number of amides is 1. The lowest BCUT2D eigenvalue weighted by molar-refractivity contribution is 0.0747. The Hall–Kier alpha value is -4.33. The van der Waals surface area contributed by atoms with E-state index in [9.17, 15) is 4.79 Å². The SMILES string of the molecule is Cc1ccc(-n2nnc3c(N4CCN(C(=O)c5ccc6ccccc6c5)CC4)ncnc32)cc1. The van der Waals surface area contributed by atoms with Gasteiger partial charge in [0, 0.05) is 31.7 Å². The third kappa shape index (κ3) is 3.53. The first-order chi connectivity index (χ1) is 16.7. The van der Waals surface area contributed by atoms with Crippen molar-refractivity contribution in [1.29, 1.82) is 0 Å². The van der Waals surface area contributed by atoms with Crippen LogP contribution in [0, 0.1) is 6.92 Å².